The summed E-state index contributed by atoms with van der Waals surface area (Å²) >= 11 is 0. The van der Waals surface area contributed by atoms with Gasteiger partial charge in [0.15, 0.2) is 6.10 Å². The molecule has 0 fully saturated rings. The van der Waals surface area contributed by atoms with Gasteiger partial charge in [-0.2, -0.15) is 0 Å². The van der Waals surface area contributed by atoms with Crippen LogP contribution in [0, 0.1) is 0 Å². The number of allylic oxidation sites excluding steroid dienone is 2. The van der Waals surface area contributed by atoms with Gasteiger partial charge in [0.1, 0.15) is 13.2 Å². The summed E-state index contributed by atoms with van der Waals surface area (Å²) in [6.45, 7) is 6.73. The smallest absolute Gasteiger partial charge is 0.306 e. The highest BCUT2D eigenvalue weighted by Gasteiger charge is 2.19. The van der Waals surface area contributed by atoms with Crippen molar-refractivity contribution in [2.45, 2.75) is 399 Å². The van der Waals surface area contributed by atoms with Crippen LogP contribution in [0.4, 0.5) is 0 Å². The normalized spacial score (nSPS) is 12.0. The standard InChI is InChI=1S/C69H132O6/c1-4-7-10-13-16-19-22-25-28-30-32-33-34-35-37-38-41-44-47-50-53-56-59-62-68(71)74-65-66(64-73-67(70)61-58-55-52-49-46-43-40-27-24-21-18-15-12-9-6-3)75-69(72)63-60-57-54-51-48-45-42-39-36-31-29-26-23-20-17-14-11-8-5-2/h30,32,66H,4-29,31,33-65H2,1-3H3/b32-30-. The van der Waals surface area contributed by atoms with E-state index in [1.807, 2.05) is 0 Å². The fourth-order valence-corrected chi connectivity index (χ4v) is 10.6. The van der Waals surface area contributed by atoms with Crippen LogP contribution >= 0.6 is 0 Å². The molecule has 0 aliphatic rings. The van der Waals surface area contributed by atoms with Crippen molar-refractivity contribution in [3.8, 4) is 0 Å². The molecule has 1 atom stereocenters. The van der Waals surface area contributed by atoms with Crippen LogP contribution < -0.4 is 0 Å². The Bertz CT molecular complexity index is 1170. The van der Waals surface area contributed by atoms with Crippen molar-refractivity contribution in [1.82, 2.24) is 0 Å². The minimum absolute atomic E-state index is 0.0629. The maximum Gasteiger partial charge on any atom is 0.306 e. The highest BCUT2D eigenvalue weighted by Crippen LogP contribution is 2.19. The number of carbonyl (C=O) groups is 3. The van der Waals surface area contributed by atoms with E-state index >= 15 is 0 Å². The molecule has 0 aromatic rings. The molecule has 0 aromatic carbocycles. The first-order chi connectivity index (χ1) is 37.0. The first-order valence-electron chi connectivity index (χ1n) is 34.2. The van der Waals surface area contributed by atoms with Crippen molar-refractivity contribution < 1.29 is 28.6 Å². The summed E-state index contributed by atoms with van der Waals surface area (Å²) in [7, 11) is 0. The maximum atomic E-state index is 12.9. The fraction of sp³-hybridized carbons (Fsp3) is 0.928. The summed E-state index contributed by atoms with van der Waals surface area (Å²) in [5.74, 6) is -0.828. The molecule has 0 heterocycles. The minimum atomic E-state index is -0.766. The monoisotopic (exact) mass is 1060 g/mol. The number of rotatable bonds is 64. The van der Waals surface area contributed by atoms with Gasteiger partial charge in [-0.15, -0.1) is 0 Å². The van der Waals surface area contributed by atoms with Gasteiger partial charge in [-0.3, -0.25) is 14.4 Å². The molecular formula is C69H132O6. The van der Waals surface area contributed by atoms with Crippen LogP contribution in [0.25, 0.3) is 0 Å². The third-order valence-electron chi connectivity index (χ3n) is 15.8. The second-order valence-corrected chi connectivity index (χ2v) is 23.5. The van der Waals surface area contributed by atoms with Crippen LogP contribution in [0.1, 0.15) is 393 Å². The molecule has 0 aliphatic carbocycles. The molecule has 6 heteroatoms. The van der Waals surface area contributed by atoms with E-state index in [0.29, 0.717) is 19.3 Å². The molecule has 0 bridgehead atoms. The Morgan fingerprint density at radius 3 is 0.667 bits per heavy atom. The van der Waals surface area contributed by atoms with Gasteiger partial charge in [0.05, 0.1) is 0 Å². The zero-order chi connectivity index (χ0) is 54.3. The molecule has 0 radical (unpaired) electrons. The second kappa shape index (κ2) is 64.7. The quantitative estimate of drug-likeness (QED) is 0.0261. The van der Waals surface area contributed by atoms with E-state index in [0.717, 1.165) is 57.8 Å². The summed E-state index contributed by atoms with van der Waals surface area (Å²) in [5, 5.41) is 0. The van der Waals surface area contributed by atoms with E-state index in [1.165, 1.54) is 295 Å². The van der Waals surface area contributed by atoms with Gasteiger partial charge in [-0.1, -0.05) is 341 Å². The van der Waals surface area contributed by atoms with Gasteiger partial charge in [0.25, 0.3) is 0 Å². The van der Waals surface area contributed by atoms with Crippen molar-refractivity contribution in [3.05, 3.63) is 12.2 Å². The van der Waals surface area contributed by atoms with E-state index in [9.17, 15) is 14.4 Å². The molecule has 0 amide bonds. The van der Waals surface area contributed by atoms with Crippen LogP contribution in [0.2, 0.25) is 0 Å². The van der Waals surface area contributed by atoms with Gasteiger partial charge < -0.3 is 14.2 Å². The molecule has 75 heavy (non-hydrogen) atoms. The summed E-state index contributed by atoms with van der Waals surface area (Å²) in [4.78, 5) is 38.4. The SMILES string of the molecule is CCCCCCCCCC/C=C\CCCCCCCCCCCCCC(=O)OCC(COC(=O)CCCCCCCCCCCCCCCCC)OC(=O)CCCCCCCCCCCCCCCCCCCCC. The molecule has 0 rings (SSSR count). The van der Waals surface area contributed by atoms with Crippen molar-refractivity contribution in [3.63, 3.8) is 0 Å². The molecule has 0 saturated carbocycles. The van der Waals surface area contributed by atoms with Gasteiger partial charge in [-0.05, 0) is 44.9 Å². The van der Waals surface area contributed by atoms with Crippen LogP contribution in [0.5, 0.6) is 0 Å². The predicted octanol–water partition coefficient (Wildman–Crippen LogP) is 23.2. The summed E-state index contributed by atoms with van der Waals surface area (Å²) in [6, 6.07) is 0. The summed E-state index contributed by atoms with van der Waals surface area (Å²) < 4.78 is 17.0. The van der Waals surface area contributed by atoms with E-state index < -0.39 is 6.10 Å². The Morgan fingerprint density at radius 2 is 0.440 bits per heavy atom. The van der Waals surface area contributed by atoms with E-state index in [-0.39, 0.29) is 31.1 Å². The predicted molar refractivity (Wildman–Crippen MR) is 326 cm³/mol. The Hall–Kier alpha value is -1.85. The molecule has 0 aliphatic heterocycles. The molecule has 444 valence electrons. The second-order valence-electron chi connectivity index (χ2n) is 23.5. The Morgan fingerprint density at radius 1 is 0.253 bits per heavy atom. The topological polar surface area (TPSA) is 78.9 Å². The third kappa shape index (κ3) is 62.9. The molecule has 1 unspecified atom stereocenters. The number of carbonyl (C=O) groups excluding carboxylic acids is 3. The number of esters is 3. The fourth-order valence-electron chi connectivity index (χ4n) is 10.6. The largest absolute Gasteiger partial charge is 0.462 e. The van der Waals surface area contributed by atoms with E-state index in [4.69, 9.17) is 14.2 Å². The van der Waals surface area contributed by atoms with Gasteiger partial charge >= 0.3 is 17.9 Å². The molecular weight excluding hydrogens is 925 g/mol. The molecule has 0 saturated heterocycles. The molecule has 6 nitrogen and oxygen atoms in total. The minimum Gasteiger partial charge on any atom is -0.462 e. The van der Waals surface area contributed by atoms with E-state index in [2.05, 4.69) is 32.9 Å². The average molecular weight is 1060 g/mol. The van der Waals surface area contributed by atoms with Crippen LogP contribution in [0.3, 0.4) is 0 Å². The lowest BCUT2D eigenvalue weighted by atomic mass is 10.0. The highest BCUT2D eigenvalue weighted by atomic mass is 16.6. The number of ether oxygens (including phenoxy) is 3. The Balaban J connectivity index is 4.26. The lowest BCUT2D eigenvalue weighted by Gasteiger charge is -2.18. The maximum absolute atomic E-state index is 12.9. The number of unbranched alkanes of at least 4 members (excludes halogenated alkanes) is 51. The first kappa shape index (κ1) is 73.2. The van der Waals surface area contributed by atoms with Gasteiger partial charge in [0, 0.05) is 19.3 Å². The van der Waals surface area contributed by atoms with E-state index in [1.54, 1.807) is 0 Å². The molecule has 0 spiro atoms. The number of hydrogen-bond acceptors (Lipinski definition) is 6. The van der Waals surface area contributed by atoms with Crippen LogP contribution in [-0.4, -0.2) is 37.2 Å². The van der Waals surface area contributed by atoms with Crippen molar-refractivity contribution in [2.75, 3.05) is 13.2 Å². The van der Waals surface area contributed by atoms with Gasteiger partial charge in [0.2, 0.25) is 0 Å². The number of hydrogen-bond donors (Lipinski definition) is 0. The first-order valence-corrected chi connectivity index (χ1v) is 34.2. The third-order valence-corrected chi connectivity index (χ3v) is 15.8. The molecule has 0 N–H and O–H groups in total. The van der Waals surface area contributed by atoms with Crippen LogP contribution in [0.15, 0.2) is 12.2 Å². The zero-order valence-electron chi connectivity index (χ0n) is 51.1. The highest BCUT2D eigenvalue weighted by molar-refractivity contribution is 5.71. The van der Waals surface area contributed by atoms with Crippen molar-refractivity contribution in [1.29, 1.82) is 0 Å². The average Bonchev–Trinajstić information content (AvgIpc) is 3.41. The summed E-state index contributed by atoms with van der Waals surface area (Å²) in [6.07, 6.45) is 76.6. The lowest BCUT2D eigenvalue weighted by Crippen LogP contribution is -2.30. The van der Waals surface area contributed by atoms with Crippen molar-refractivity contribution in [2.24, 2.45) is 0 Å². The molecule has 0 aromatic heterocycles. The van der Waals surface area contributed by atoms with Crippen molar-refractivity contribution >= 4 is 17.9 Å². The lowest BCUT2D eigenvalue weighted by molar-refractivity contribution is -0.167. The Labute approximate surface area is 469 Å². The Kier molecular flexibility index (Phi) is 63.1. The van der Waals surface area contributed by atoms with Crippen LogP contribution in [-0.2, 0) is 28.6 Å². The summed E-state index contributed by atoms with van der Waals surface area (Å²) in [5.41, 5.74) is 0. The zero-order valence-corrected chi connectivity index (χ0v) is 51.1. The van der Waals surface area contributed by atoms with Gasteiger partial charge in [-0.25, -0.2) is 0 Å².